The molecule has 6 heteroatoms. The molecule has 0 bridgehead atoms. The van der Waals surface area contributed by atoms with Crippen LogP contribution in [0.3, 0.4) is 0 Å². The summed E-state index contributed by atoms with van der Waals surface area (Å²) in [5, 5.41) is 0. The Bertz CT molecular complexity index is 389. The number of aromatic nitrogens is 2. The topological polar surface area (TPSA) is 47.5 Å². The molecular formula is C12H16BrN3O2. The summed E-state index contributed by atoms with van der Waals surface area (Å²) in [6.07, 6.45) is 5.74. The molecule has 0 amide bonds. The summed E-state index contributed by atoms with van der Waals surface area (Å²) in [7, 11) is 0. The number of hydrogen-bond acceptors (Lipinski definition) is 5. The number of nitrogens with zero attached hydrogens (tertiary/aromatic N) is 3. The molecule has 0 unspecified atom stereocenters. The van der Waals surface area contributed by atoms with E-state index < -0.39 is 0 Å². The van der Waals surface area contributed by atoms with Crippen LogP contribution in [-0.2, 0) is 4.74 Å². The molecule has 0 N–H and O–H groups in total. The molecule has 0 saturated carbocycles. The van der Waals surface area contributed by atoms with Gasteiger partial charge in [0.25, 0.3) is 0 Å². The van der Waals surface area contributed by atoms with E-state index in [-0.39, 0.29) is 6.10 Å². The molecule has 0 radical (unpaired) electrons. The van der Waals surface area contributed by atoms with E-state index in [1.807, 2.05) is 0 Å². The SMILES string of the molecule is Brc1cnc(OC2CCN(C3COC3)CC2)nc1. The lowest BCUT2D eigenvalue weighted by molar-refractivity contribution is -0.0782. The van der Waals surface area contributed by atoms with Gasteiger partial charge in [0.15, 0.2) is 0 Å². The first-order chi connectivity index (χ1) is 8.81. The van der Waals surface area contributed by atoms with E-state index in [1.165, 1.54) is 0 Å². The minimum atomic E-state index is 0.239. The quantitative estimate of drug-likeness (QED) is 0.846. The van der Waals surface area contributed by atoms with Gasteiger partial charge in [0.2, 0.25) is 0 Å². The maximum atomic E-state index is 5.79. The third-order valence-corrected chi connectivity index (χ3v) is 3.89. The van der Waals surface area contributed by atoms with Crippen LogP contribution in [0.1, 0.15) is 12.8 Å². The highest BCUT2D eigenvalue weighted by molar-refractivity contribution is 9.10. The van der Waals surface area contributed by atoms with Crippen molar-refractivity contribution < 1.29 is 9.47 Å². The minimum absolute atomic E-state index is 0.239. The van der Waals surface area contributed by atoms with E-state index in [9.17, 15) is 0 Å². The first-order valence-electron chi connectivity index (χ1n) is 6.27. The van der Waals surface area contributed by atoms with E-state index >= 15 is 0 Å². The van der Waals surface area contributed by atoms with E-state index in [0.717, 1.165) is 43.6 Å². The highest BCUT2D eigenvalue weighted by Gasteiger charge is 2.30. The Kier molecular flexibility index (Phi) is 3.77. The fourth-order valence-corrected chi connectivity index (χ4v) is 2.51. The molecule has 2 saturated heterocycles. The zero-order chi connectivity index (χ0) is 12.4. The smallest absolute Gasteiger partial charge is 0.316 e. The molecule has 2 aliphatic rings. The highest BCUT2D eigenvalue weighted by atomic mass is 79.9. The average molecular weight is 314 g/mol. The zero-order valence-electron chi connectivity index (χ0n) is 10.1. The van der Waals surface area contributed by atoms with E-state index in [4.69, 9.17) is 9.47 Å². The Morgan fingerprint density at radius 3 is 2.44 bits per heavy atom. The molecule has 5 nitrogen and oxygen atoms in total. The van der Waals surface area contributed by atoms with Crippen LogP contribution in [0, 0.1) is 0 Å². The summed E-state index contributed by atoms with van der Waals surface area (Å²) in [6, 6.07) is 1.11. The van der Waals surface area contributed by atoms with Crippen LogP contribution in [0.5, 0.6) is 6.01 Å². The molecule has 0 aromatic carbocycles. The predicted molar refractivity (Wildman–Crippen MR) is 69.6 cm³/mol. The Morgan fingerprint density at radius 1 is 1.22 bits per heavy atom. The fourth-order valence-electron chi connectivity index (χ4n) is 2.30. The number of piperidine rings is 1. The largest absolute Gasteiger partial charge is 0.460 e. The van der Waals surface area contributed by atoms with E-state index in [2.05, 4.69) is 30.8 Å². The minimum Gasteiger partial charge on any atom is -0.460 e. The van der Waals surface area contributed by atoms with Crippen LogP contribution in [0.2, 0.25) is 0 Å². The van der Waals surface area contributed by atoms with Crippen molar-refractivity contribution in [3.8, 4) is 6.01 Å². The second kappa shape index (κ2) is 5.50. The van der Waals surface area contributed by atoms with Gasteiger partial charge >= 0.3 is 6.01 Å². The predicted octanol–water partition coefficient (Wildman–Crippen LogP) is 1.48. The van der Waals surface area contributed by atoms with Crippen molar-refractivity contribution >= 4 is 15.9 Å². The first kappa shape index (κ1) is 12.3. The molecule has 18 heavy (non-hydrogen) atoms. The van der Waals surface area contributed by atoms with Gasteiger partial charge < -0.3 is 9.47 Å². The van der Waals surface area contributed by atoms with Gasteiger partial charge in [-0.3, -0.25) is 4.90 Å². The summed E-state index contributed by atoms with van der Waals surface area (Å²) < 4.78 is 11.9. The van der Waals surface area contributed by atoms with Crippen LogP contribution >= 0.6 is 15.9 Å². The number of rotatable bonds is 3. The highest BCUT2D eigenvalue weighted by Crippen LogP contribution is 2.20. The lowest BCUT2D eigenvalue weighted by Gasteiger charge is -2.41. The second-order valence-corrected chi connectivity index (χ2v) is 5.64. The Hall–Kier alpha value is -0.720. The number of hydrogen-bond donors (Lipinski definition) is 0. The maximum Gasteiger partial charge on any atom is 0.316 e. The summed E-state index contributed by atoms with van der Waals surface area (Å²) in [5.41, 5.74) is 0. The molecule has 0 aliphatic carbocycles. The van der Waals surface area contributed by atoms with Crippen molar-refractivity contribution in [2.24, 2.45) is 0 Å². The Balaban J connectivity index is 1.48. The number of likely N-dealkylation sites (tertiary alicyclic amines) is 1. The molecule has 0 atom stereocenters. The summed E-state index contributed by atoms with van der Waals surface area (Å²) in [4.78, 5) is 10.8. The Labute approximate surface area is 115 Å². The lowest BCUT2D eigenvalue weighted by atomic mass is 10.0. The molecule has 3 rings (SSSR count). The van der Waals surface area contributed by atoms with Crippen LogP contribution in [0.15, 0.2) is 16.9 Å². The van der Waals surface area contributed by atoms with Gasteiger partial charge in [-0.1, -0.05) is 0 Å². The third-order valence-electron chi connectivity index (χ3n) is 3.48. The van der Waals surface area contributed by atoms with Gasteiger partial charge in [-0.15, -0.1) is 0 Å². The Morgan fingerprint density at radius 2 is 1.89 bits per heavy atom. The normalized spacial score (nSPS) is 22.7. The molecule has 98 valence electrons. The molecule has 1 aromatic rings. The fraction of sp³-hybridized carbons (Fsp3) is 0.667. The van der Waals surface area contributed by atoms with E-state index in [0.29, 0.717) is 12.1 Å². The molecular weight excluding hydrogens is 298 g/mol. The van der Waals surface area contributed by atoms with Gasteiger partial charge in [0, 0.05) is 25.5 Å². The van der Waals surface area contributed by atoms with Gasteiger partial charge in [-0.05, 0) is 28.8 Å². The van der Waals surface area contributed by atoms with Crippen LogP contribution in [0.25, 0.3) is 0 Å². The number of ether oxygens (including phenoxy) is 2. The molecule has 0 spiro atoms. The standard InChI is InChI=1S/C12H16BrN3O2/c13-9-5-14-12(15-6-9)18-11-1-3-16(4-2-11)10-7-17-8-10/h5-6,10-11H,1-4,7-8H2. The molecule has 3 heterocycles. The van der Waals surface area contributed by atoms with Gasteiger partial charge in [0.05, 0.1) is 23.7 Å². The number of halogens is 1. The van der Waals surface area contributed by atoms with Gasteiger partial charge in [-0.2, -0.15) is 0 Å². The second-order valence-electron chi connectivity index (χ2n) is 4.73. The van der Waals surface area contributed by atoms with E-state index in [1.54, 1.807) is 12.4 Å². The zero-order valence-corrected chi connectivity index (χ0v) is 11.7. The lowest BCUT2D eigenvalue weighted by Crippen LogP contribution is -2.52. The van der Waals surface area contributed by atoms with Crippen molar-refractivity contribution in [1.29, 1.82) is 0 Å². The van der Waals surface area contributed by atoms with Gasteiger partial charge in [0.1, 0.15) is 6.10 Å². The van der Waals surface area contributed by atoms with Crippen molar-refractivity contribution in [2.45, 2.75) is 25.0 Å². The molecule has 2 aliphatic heterocycles. The summed E-state index contributed by atoms with van der Waals surface area (Å²) in [6.45, 7) is 3.94. The maximum absolute atomic E-state index is 5.79. The van der Waals surface area contributed by atoms with Crippen molar-refractivity contribution in [3.63, 3.8) is 0 Å². The van der Waals surface area contributed by atoms with Crippen LogP contribution in [0.4, 0.5) is 0 Å². The van der Waals surface area contributed by atoms with Crippen LogP contribution in [-0.4, -0.2) is 53.3 Å². The summed E-state index contributed by atoms with van der Waals surface area (Å²) in [5.74, 6) is 0. The van der Waals surface area contributed by atoms with Crippen molar-refractivity contribution in [3.05, 3.63) is 16.9 Å². The third kappa shape index (κ3) is 2.81. The first-order valence-corrected chi connectivity index (χ1v) is 7.06. The van der Waals surface area contributed by atoms with Crippen molar-refractivity contribution in [1.82, 2.24) is 14.9 Å². The molecule has 1 aromatic heterocycles. The monoisotopic (exact) mass is 313 g/mol. The van der Waals surface area contributed by atoms with Crippen molar-refractivity contribution in [2.75, 3.05) is 26.3 Å². The summed E-state index contributed by atoms with van der Waals surface area (Å²) >= 11 is 3.31. The van der Waals surface area contributed by atoms with Gasteiger partial charge in [-0.25, -0.2) is 9.97 Å². The molecule has 2 fully saturated rings. The van der Waals surface area contributed by atoms with Crippen LogP contribution < -0.4 is 4.74 Å². The average Bonchev–Trinajstić information content (AvgIpc) is 2.32.